The summed E-state index contributed by atoms with van der Waals surface area (Å²) in [5, 5.41) is 2.62. The zero-order chi connectivity index (χ0) is 15.2. The molecule has 0 bridgehead atoms. The first-order chi connectivity index (χ1) is 10.1. The van der Waals surface area contributed by atoms with Crippen molar-refractivity contribution in [2.45, 2.75) is 26.2 Å². The average molecular weight is 290 g/mol. The molecule has 2 amide bonds. The van der Waals surface area contributed by atoms with Crippen LogP contribution in [-0.2, 0) is 19.1 Å². The molecule has 6 heteroatoms. The molecule has 0 saturated carbocycles. The smallest absolute Gasteiger partial charge is 0.303 e. The Kier molecular flexibility index (Phi) is 4.92. The summed E-state index contributed by atoms with van der Waals surface area (Å²) in [5.74, 6) is -0.760. The van der Waals surface area contributed by atoms with Gasteiger partial charge in [0.15, 0.2) is 6.61 Å². The van der Waals surface area contributed by atoms with Gasteiger partial charge in [-0.15, -0.1) is 0 Å². The summed E-state index contributed by atoms with van der Waals surface area (Å²) in [6.45, 7) is 1.68. The first kappa shape index (κ1) is 15.0. The fraction of sp³-hybridized carbons (Fsp3) is 0.400. The molecule has 21 heavy (non-hydrogen) atoms. The molecule has 0 atom stereocenters. The molecule has 1 saturated heterocycles. The van der Waals surface area contributed by atoms with Gasteiger partial charge in [-0.2, -0.15) is 0 Å². The highest BCUT2D eigenvalue weighted by molar-refractivity contribution is 5.95. The number of rotatable bonds is 4. The van der Waals surface area contributed by atoms with Crippen LogP contribution in [0.5, 0.6) is 0 Å². The van der Waals surface area contributed by atoms with Gasteiger partial charge in [0.25, 0.3) is 5.91 Å². The second-order valence-corrected chi connectivity index (χ2v) is 4.88. The molecule has 6 nitrogen and oxygen atoms in total. The third kappa shape index (κ3) is 4.30. The van der Waals surface area contributed by atoms with Crippen LogP contribution in [0.1, 0.15) is 26.2 Å². The summed E-state index contributed by atoms with van der Waals surface area (Å²) in [5.41, 5.74) is 1.43. The van der Waals surface area contributed by atoms with E-state index in [9.17, 15) is 14.4 Å². The lowest BCUT2D eigenvalue weighted by molar-refractivity contribution is -0.144. The zero-order valence-electron chi connectivity index (χ0n) is 11.9. The van der Waals surface area contributed by atoms with Gasteiger partial charge in [0.05, 0.1) is 0 Å². The van der Waals surface area contributed by atoms with E-state index in [0.29, 0.717) is 12.1 Å². The highest BCUT2D eigenvalue weighted by Gasteiger charge is 2.19. The summed E-state index contributed by atoms with van der Waals surface area (Å²) < 4.78 is 4.60. The number of hydrogen-bond donors (Lipinski definition) is 1. The SMILES string of the molecule is CC(=O)OCC(=O)Nc1ccc(N2CCCCC2=O)cc1. The fourth-order valence-corrected chi connectivity index (χ4v) is 2.17. The van der Waals surface area contributed by atoms with Gasteiger partial charge in [-0.1, -0.05) is 0 Å². The summed E-state index contributed by atoms with van der Waals surface area (Å²) in [7, 11) is 0. The third-order valence-electron chi connectivity index (χ3n) is 3.19. The van der Waals surface area contributed by atoms with Crippen molar-refractivity contribution < 1.29 is 19.1 Å². The maximum atomic E-state index is 11.8. The number of amides is 2. The molecule has 0 radical (unpaired) electrons. The van der Waals surface area contributed by atoms with Crippen LogP contribution in [0.15, 0.2) is 24.3 Å². The molecule has 1 aromatic carbocycles. The zero-order valence-corrected chi connectivity index (χ0v) is 11.9. The summed E-state index contributed by atoms with van der Waals surface area (Å²) in [6.07, 6.45) is 2.53. The van der Waals surface area contributed by atoms with Gasteiger partial charge < -0.3 is 15.0 Å². The van der Waals surface area contributed by atoms with Crippen LogP contribution in [0, 0.1) is 0 Å². The highest BCUT2D eigenvalue weighted by atomic mass is 16.5. The van der Waals surface area contributed by atoms with Crippen molar-refractivity contribution in [1.82, 2.24) is 0 Å². The molecule has 1 aliphatic heterocycles. The molecule has 0 unspecified atom stereocenters. The van der Waals surface area contributed by atoms with Gasteiger partial charge in [-0.05, 0) is 37.1 Å². The number of esters is 1. The van der Waals surface area contributed by atoms with E-state index in [1.807, 2.05) is 0 Å². The van der Waals surface area contributed by atoms with Crippen molar-refractivity contribution in [2.24, 2.45) is 0 Å². The standard InChI is InChI=1S/C15H18N2O4/c1-11(18)21-10-14(19)16-12-5-7-13(8-6-12)17-9-3-2-4-15(17)20/h5-8H,2-4,9-10H2,1H3,(H,16,19). The number of nitrogens with zero attached hydrogens (tertiary/aromatic N) is 1. The Morgan fingerprint density at radius 2 is 1.95 bits per heavy atom. The number of ether oxygens (including phenoxy) is 1. The lowest BCUT2D eigenvalue weighted by Crippen LogP contribution is -2.35. The van der Waals surface area contributed by atoms with Gasteiger partial charge in [0, 0.05) is 31.3 Å². The van der Waals surface area contributed by atoms with Crippen molar-refractivity contribution in [2.75, 3.05) is 23.4 Å². The van der Waals surface area contributed by atoms with Crippen LogP contribution in [0.2, 0.25) is 0 Å². The molecule has 0 aliphatic carbocycles. The van der Waals surface area contributed by atoms with Gasteiger partial charge in [-0.25, -0.2) is 0 Å². The van der Waals surface area contributed by atoms with E-state index < -0.39 is 11.9 Å². The van der Waals surface area contributed by atoms with E-state index in [0.717, 1.165) is 25.1 Å². The molecular formula is C15H18N2O4. The number of carbonyl (C=O) groups excluding carboxylic acids is 3. The van der Waals surface area contributed by atoms with E-state index in [1.165, 1.54) is 6.92 Å². The van der Waals surface area contributed by atoms with Gasteiger partial charge in [0.1, 0.15) is 0 Å². The molecule has 1 fully saturated rings. The maximum absolute atomic E-state index is 11.8. The van der Waals surface area contributed by atoms with Crippen molar-refractivity contribution in [3.05, 3.63) is 24.3 Å². The normalized spacial score (nSPS) is 14.7. The molecule has 1 N–H and O–H groups in total. The first-order valence-electron chi connectivity index (χ1n) is 6.90. The monoisotopic (exact) mass is 290 g/mol. The van der Waals surface area contributed by atoms with Crippen molar-refractivity contribution >= 4 is 29.2 Å². The molecule has 1 aromatic rings. The van der Waals surface area contributed by atoms with Crippen LogP contribution in [0.4, 0.5) is 11.4 Å². The first-order valence-corrected chi connectivity index (χ1v) is 6.90. The quantitative estimate of drug-likeness (QED) is 0.856. The number of piperidine rings is 1. The number of nitrogens with one attached hydrogen (secondary N) is 1. The topological polar surface area (TPSA) is 75.7 Å². The molecule has 2 rings (SSSR count). The predicted octanol–water partition coefficient (Wildman–Crippen LogP) is 1.71. The lowest BCUT2D eigenvalue weighted by Gasteiger charge is -2.26. The Morgan fingerprint density at radius 1 is 1.24 bits per heavy atom. The van der Waals surface area contributed by atoms with Gasteiger partial charge >= 0.3 is 5.97 Å². The van der Waals surface area contributed by atoms with Crippen LogP contribution in [0.25, 0.3) is 0 Å². The van der Waals surface area contributed by atoms with Crippen molar-refractivity contribution in [3.63, 3.8) is 0 Å². The lowest BCUT2D eigenvalue weighted by atomic mass is 10.1. The minimum atomic E-state index is -0.496. The Hall–Kier alpha value is -2.37. The van der Waals surface area contributed by atoms with Crippen molar-refractivity contribution in [3.8, 4) is 0 Å². The number of hydrogen-bond acceptors (Lipinski definition) is 4. The number of benzene rings is 1. The third-order valence-corrected chi connectivity index (χ3v) is 3.19. The Bertz CT molecular complexity index is 539. The second-order valence-electron chi connectivity index (χ2n) is 4.88. The van der Waals surface area contributed by atoms with E-state index >= 15 is 0 Å². The predicted molar refractivity (Wildman–Crippen MR) is 77.9 cm³/mol. The highest BCUT2D eigenvalue weighted by Crippen LogP contribution is 2.22. The van der Waals surface area contributed by atoms with Crippen LogP contribution in [-0.4, -0.2) is 30.9 Å². The van der Waals surface area contributed by atoms with E-state index in [-0.39, 0.29) is 12.5 Å². The fourth-order valence-electron chi connectivity index (χ4n) is 2.17. The largest absolute Gasteiger partial charge is 0.456 e. The van der Waals surface area contributed by atoms with Crippen molar-refractivity contribution in [1.29, 1.82) is 0 Å². The average Bonchev–Trinajstić information content (AvgIpc) is 2.47. The van der Waals surface area contributed by atoms with Gasteiger partial charge in [0.2, 0.25) is 5.91 Å². The minimum Gasteiger partial charge on any atom is -0.456 e. The summed E-state index contributed by atoms with van der Waals surface area (Å²) >= 11 is 0. The minimum absolute atomic E-state index is 0.132. The molecular weight excluding hydrogens is 272 g/mol. The van der Waals surface area contributed by atoms with Crippen LogP contribution < -0.4 is 10.2 Å². The van der Waals surface area contributed by atoms with E-state index in [4.69, 9.17) is 0 Å². The maximum Gasteiger partial charge on any atom is 0.303 e. The van der Waals surface area contributed by atoms with E-state index in [2.05, 4.69) is 10.1 Å². The Balaban J connectivity index is 1.94. The number of carbonyl (C=O) groups is 3. The summed E-state index contributed by atoms with van der Waals surface area (Å²) in [6, 6.07) is 7.04. The van der Waals surface area contributed by atoms with E-state index in [1.54, 1.807) is 29.2 Å². The Labute approximate surface area is 123 Å². The molecule has 0 aromatic heterocycles. The Morgan fingerprint density at radius 3 is 2.57 bits per heavy atom. The molecule has 0 spiro atoms. The number of anilines is 2. The van der Waals surface area contributed by atoms with Gasteiger partial charge in [-0.3, -0.25) is 14.4 Å². The molecule has 1 heterocycles. The molecule has 112 valence electrons. The summed E-state index contributed by atoms with van der Waals surface area (Å²) in [4.78, 5) is 35.7. The van der Waals surface area contributed by atoms with Crippen LogP contribution in [0.3, 0.4) is 0 Å². The van der Waals surface area contributed by atoms with Crippen LogP contribution >= 0.6 is 0 Å². The second kappa shape index (κ2) is 6.88. The molecule has 1 aliphatic rings.